The van der Waals surface area contributed by atoms with Gasteiger partial charge in [-0.25, -0.2) is 9.59 Å². The summed E-state index contributed by atoms with van der Waals surface area (Å²) in [5.74, 6) is -0.903. The van der Waals surface area contributed by atoms with Crippen molar-refractivity contribution in [2.75, 3.05) is 52.5 Å². The molecule has 1 fully saturated rings. The summed E-state index contributed by atoms with van der Waals surface area (Å²) in [7, 11) is 1.52. The van der Waals surface area contributed by atoms with Gasteiger partial charge in [-0.1, -0.05) is 102 Å². The molecule has 3 aliphatic rings. The van der Waals surface area contributed by atoms with Gasteiger partial charge in [0, 0.05) is 44.2 Å². The van der Waals surface area contributed by atoms with Crippen molar-refractivity contribution >= 4 is 29.5 Å². The van der Waals surface area contributed by atoms with E-state index in [1.807, 2.05) is 19.1 Å². The first-order valence-corrected chi connectivity index (χ1v) is 23.4. The Morgan fingerprint density at radius 3 is 2.33 bits per heavy atom. The molecule has 60 heavy (non-hydrogen) atoms. The third-order valence-electron chi connectivity index (χ3n) is 12.2. The van der Waals surface area contributed by atoms with Gasteiger partial charge in [0.15, 0.2) is 0 Å². The smallest absolute Gasteiger partial charge is 0.412 e. The maximum absolute atomic E-state index is 13.9. The second kappa shape index (κ2) is 26.9. The Morgan fingerprint density at radius 2 is 1.68 bits per heavy atom. The van der Waals surface area contributed by atoms with Crippen molar-refractivity contribution in [2.45, 2.75) is 147 Å². The molecule has 4 rings (SSSR count). The van der Waals surface area contributed by atoms with Crippen molar-refractivity contribution in [3.05, 3.63) is 48.1 Å². The molecule has 1 aromatic rings. The molecule has 0 unspecified atom stereocenters. The molecule has 0 spiro atoms. The number of amides is 2. The molecule has 12 nitrogen and oxygen atoms in total. The van der Waals surface area contributed by atoms with Crippen LogP contribution in [0.2, 0.25) is 0 Å². The van der Waals surface area contributed by atoms with Gasteiger partial charge in [-0.2, -0.15) is 0 Å². The molecule has 1 heterocycles. The summed E-state index contributed by atoms with van der Waals surface area (Å²) in [4.78, 5) is 34.3. The van der Waals surface area contributed by atoms with Crippen LogP contribution in [0, 0.1) is 17.8 Å². The monoisotopic (exact) mass is 860 g/mol. The van der Waals surface area contributed by atoms with Gasteiger partial charge in [0.1, 0.15) is 31.3 Å². The summed E-state index contributed by atoms with van der Waals surface area (Å²) in [5.41, 5.74) is 2.48. The largest absolute Gasteiger partial charge is 0.459 e. The van der Waals surface area contributed by atoms with Gasteiger partial charge in [-0.3, -0.25) is 4.90 Å². The van der Waals surface area contributed by atoms with E-state index in [4.69, 9.17) is 35.4 Å². The zero-order valence-electron chi connectivity index (χ0n) is 36.7. The number of nitrogens with zero attached hydrogens (tertiary/aromatic N) is 2. The number of fused-ring (bicyclic) bond motifs is 2. The summed E-state index contributed by atoms with van der Waals surface area (Å²) in [5, 5.41) is 27.2. The third kappa shape index (κ3) is 13.3. The minimum Gasteiger partial charge on any atom is -0.459 e. The van der Waals surface area contributed by atoms with Crippen LogP contribution in [0.3, 0.4) is 0 Å². The van der Waals surface area contributed by atoms with Crippen LogP contribution in [-0.4, -0.2) is 97.3 Å². The standard InChI is InChI=1S/C47H74ClN3O9/c1-5-8-9-10-11-12-13-14-15-18-26-49-45(54)59-36-23-24-41-39(33-36)43-37(22-17-20-29-53)35(21-16-19-28-52)32-38-40(50-56-4)34-42(47(60-41,44(38)43)58-30-7-3)51(27-6-2)46(55)57-31-25-48/h7,23-24,32-33,35,37,42-44,52-53H,3,5-6,8-22,25-31,34H2,1-2,4H3,(H,49,54)/t35-,37+,42-,43+,44+,47+/m0/s1. The fraction of sp³-hybridized carbons (Fsp3) is 0.723. The minimum absolute atomic E-state index is 0.0316. The number of ether oxygens (including phenoxy) is 4. The van der Waals surface area contributed by atoms with Crippen molar-refractivity contribution < 1.29 is 43.6 Å². The van der Waals surface area contributed by atoms with Crippen LogP contribution in [0.5, 0.6) is 11.5 Å². The summed E-state index contributed by atoms with van der Waals surface area (Å²) >= 11 is 5.98. The number of oxime groups is 1. The number of rotatable bonds is 29. The van der Waals surface area contributed by atoms with Crippen LogP contribution in [0.1, 0.15) is 141 Å². The fourth-order valence-corrected chi connectivity index (χ4v) is 9.67. The van der Waals surface area contributed by atoms with Crippen molar-refractivity contribution in [3.8, 4) is 11.5 Å². The highest BCUT2D eigenvalue weighted by Gasteiger charge is 2.65. The first kappa shape index (κ1) is 49.3. The number of halogens is 1. The van der Waals surface area contributed by atoms with E-state index in [-0.39, 0.29) is 56.5 Å². The fourth-order valence-electron chi connectivity index (χ4n) is 9.59. The molecule has 0 aromatic heterocycles. The highest BCUT2D eigenvalue weighted by atomic mass is 35.5. The Balaban J connectivity index is 1.73. The zero-order valence-corrected chi connectivity index (χ0v) is 37.4. The summed E-state index contributed by atoms with van der Waals surface area (Å²) in [6.07, 6.45) is 20.5. The predicted octanol–water partition coefficient (Wildman–Crippen LogP) is 10.0. The number of hydrogen-bond acceptors (Lipinski definition) is 10. The average molecular weight is 861 g/mol. The van der Waals surface area contributed by atoms with E-state index in [9.17, 15) is 19.8 Å². The highest BCUT2D eigenvalue weighted by Crippen LogP contribution is 2.62. The van der Waals surface area contributed by atoms with Crippen LogP contribution >= 0.6 is 11.6 Å². The Kier molecular flexibility index (Phi) is 22.1. The second-order valence-corrected chi connectivity index (χ2v) is 16.8. The minimum atomic E-state index is -1.40. The molecule has 1 saturated carbocycles. The molecule has 3 N–H and O–H groups in total. The van der Waals surface area contributed by atoms with Crippen LogP contribution in [0.25, 0.3) is 0 Å². The molecule has 1 aromatic carbocycles. The van der Waals surface area contributed by atoms with E-state index in [2.05, 4.69) is 30.1 Å². The van der Waals surface area contributed by atoms with E-state index in [1.54, 1.807) is 17.0 Å². The van der Waals surface area contributed by atoms with Crippen LogP contribution < -0.4 is 14.8 Å². The van der Waals surface area contributed by atoms with E-state index in [0.717, 1.165) is 56.1 Å². The first-order valence-electron chi connectivity index (χ1n) is 22.9. The lowest BCUT2D eigenvalue weighted by atomic mass is 9.55. The molecule has 338 valence electrons. The SMILES string of the molecule is C=CCO[C@@]12Oc3ccc(OC(=O)NCCCCCCCCCCCC)cc3[C@H]3[C@H](CCCCO)[C@@H](CCCCO)C=C(C(=NOC)C[C@@H]1N(CCC)C(=O)OCCCl)[C@H]32. The molecule has 0 saturated heterocycles. The molecule has 13 heteroatoms. The van der Waals surface area contributed by atoms with Crippen LogP contribution in [-0.2, 0) is 14.3 Å². The van der Waals surface area contributed by atoms with Crippen LogP contribution in [0.15, 0.2) is 47.7 Å². The molecule has 2 aliphatic carbocycles. The number of allylic oxidation sites excluding steroid dienone is 1. The number of unbranched alkanes of at least 4 members (excludes halogenated alkanes) is 11. The number of alkyl halides is 1. The van der Waals surface area contributed by atoms with Gasteiger partial charge >= 0.3 is 12.2 Å². The van der Waals surface area contributed by atoms with Crippen molar-refractivity contribution in [1.82, 2.24) is 10.2 Å². The normalized spacial score (nSPS) is 23.5. The number of nitrogens with one attached hydrogen (secondary N) is 1. The van der Waals surface area contributed by atoms with Crippen molar-refractivity contribution in [2.24, 2.45) is 22.9 Å². The number of carbonyl (C=O) groups excluding carboxylic acids is 2. The molecule has 2 amide bonds. The molecule has 0 bridgehead atoms. The topological polar surface area (TPSA) is 148 Å². The van der Waals surface area contributed by atoms with Gasteiger partial charge in [0.05, 0.1) is 24.1 Å². The lowest BCUT2D eigenvalue weighted by Gasteiger charge is -2.59. The summed E-state index contributed by atoms with van der Waals surface area (Å²) in [6.45, 7) is 9.50. The van der Waals surface area contributed by atoms with Gasteiger partial charge in [0.25, 0.3) is 0 Å². The van der Waals surface area contributed by atoms with E-state index in [1.165, 1.54) is 52.1 Å². The van der Waals surface area contributed by atoms with Crippen molar-refractivity contribution in [3.63, 3.8) is 0 Å². The van der Waals surface area contributed by atoms with Gasteiger partial charge < -0.3 is 39.3 Å². The van der Waals surface area contributed by atoms with E-state index >= 15 is 0 Å². The lowest BCUT2D eigenvalue weighted by Crippen LogP contribution is -2.70. The Labute approximate surface area is 364 Å². The molecule has 0 radical (unpaired) electrons. The molecular formula is C47H74ClN3O9. The van der Waals surface area contributed by atoms with Gasteiger partial charge in [-0.15, -0.1) is 18.2 Å². The Bertz CT molecular complexity index is 1520. The number of aliphatic hydroxyl groups excluding tert-OH is 2. The number of aliphatic hydroxyl groups is 2. The lowest BCUT2D eigenvalue weighted by molar-refractivity contribution is -0.255. The highest BCUT2D eigenvalue weighted by molar-refractivity contribution is 6.18. The quantitative estimate of drug-likeness (QED) is 0.0310. The zero-order chi connectivity index (χ0) is 43.2. The number of carbonyl (C=O) groups is 2. The average Bonchev–Trinajstić information content (AvgIpc) is 3.25. The van der Waals surface area contributed by atoms with E-state index in [0.29, 0.717) is 49.6 Å². The predicted molar refractivity (Wildman–Crippen MR) is 237 cm³/mol. The molecule has 1 aliphatic heterocycles. The number of hydrogen-bond donors (Lipinski definition) is 3. The maximum atomic E-state index is 13.9. The first-order chi connectivity index (χ1) is 29.3. The Hall–Kier alpha value is -3.32. The molecular weight excluding hydrogens is 786 g/mol. The van der Waals surface area contributed by atoms with Crippen LogP contribution in [0.4, 0.5) is 9.59 Å². The van der Waals surface area contributed by atoms with E-state index < -0.39 is 29.9 Å². The number of benzene rings is 1. The second-order valence-electron chi connectivity index (χ2n) is 16.5. The van der Waals surface area contributed by atoms with Gasteiger partial charge in [-0.05, 0) is 74.1 Å². The maximum Gasteiger partial charge on any atom is 0.412 e. The molecule has 6 atom stereocenters. The summed E-state index contributed by atoms with van der Waals surface area (Å²) < 4.78 is 25.7. The summed E-state index contributed by atoms with van der Waals surface area (Å²) in [6, 6.07) is 4.81. The van der Waals surface area contributed by atoms with Gasteiger partial charge in [0.2, 0.25) is 5.79 Å². The third-order valence-corrected chi connectivity index (χ3v) is 12.4. The van der Waals surface area contributed by atoms with Crippen molar-refractivity contribution in [1.29, 1.82) is 0 Å². The Morgan fingerprint density at radius 1 is 0.983 bits per heavy atom.